The van der Waals surface area contributed by atoms with E-state index < -0.39 is 0 Å². The molecule has 0 radical (unpaired) electrons. The van der Waals surface area contributed by atoms with Crippen molar-refractivity contribution in [1.29, 1.82) is 0 Å². The molecule has 1 amide bonds. The molecule has 0 spiro atoms. The Balaban J connectivity index is 1.61. The maximum atomic E-state index is 12.3. The molecular formula is C16H18N4O2S. The first-order chi connectivity index (χ1) is 11.3. The number of amides is 1. The molecule has 6 nitrogen and oxygen atoms in total. The SMILES string of the molecule is COCCCn1cnnc1CNC(=O)c1ccc2sccc2c1. The molecule has 0 saturated heterocycles. The van der Waals surface area contributed by atoms with Crippen molar-refractivity contribution >= 4 is 27.3 Å². The third-order valence-corrected chi connectivity index (χ3v) is 4.46. The first-order valence-corrected chi connectivity index (χ1v) is 8.27. The van der Waals surface area contributed by atoms with Crippen LogP contribution in [0.25, 0.3) is 10.1 Å². The van der Waals surface area contributed by atoms with Crippen LogP contribution in [-0.2, 0) is 17.8 Å². The normalized spacial score (nSPS) is 11.0. The monoisotopic (exact) mass is 330 g/mol. The van der Waals surface area contributed by atoms with Crippen molar-refractivity contribution in [2.75, 3.05) is 13.7 Å². The van der Waals surface area contributed by atoms with Gasteiger partial charge in [-0.1, -0.05) is 0 Å². The topological polar surface area (TPSA) is 69.0 Å². The van der Waals surface area contributed by atoms with Crippen LogP contribution in [0.5, 0.6) is 0 Å². The van der Waals surface area contributed by atoms with Gasteiger partial charge < -0.3 is 14.6 Å². The van der Waals surface area contributed by atoms with E-state index in [1.54, 1.807) is 24.8 Å². The summed E-state index contributed by atoms with van der Waals surface area (Å²) in [5.74, 6) is 0.635. The molecule has 0 aliphatic carbocycles. The van der Waals surface area contributed by atoms with Crippen LogP contribution in [0, 0.1) is 0 Å². The van der Waals surface area contributed by atoms with E-state index in [9.17, 15) is 4.79 Å². The number of nitrogens with one attached hydrogen (secondary N) is 1. The third kappa shape index (κ3) is 3.75. The molecule has 0 bridgehead atoms. The summed E-state index contributed by atoms with van der Waals surface area (Å²) < 4.78 is 8.15. The number of aromatic nitrogens is 3. The number of carbonyl (C=O) groups excluding carboxylic acids is 1. The molecule has 2 aromatic heterocycles. The second-order valence-electron chi connectivity index (χ2n) is 5.14. The quantitative estimate of drug-likeness (QED) is 0.676. The highest BCUT2D eigenvalue weighted by Gasteiger charge is 2.09. The minimum absolute atomic E-state index is 0.107. The van der Waals surface area contributed by atoms with Gasteiger partial charge in [-0.05, 0) is 41.5 Å². The Bertz CT molecular complexity index is 796. The predicted molar refractivity (Wildman–Crippen MR) is 89.5 cm³/mol. The van der Waals surface area contributed by atoms with E-state index in [0.29, 0.717) is 18.7 Å². The summed E-state index contributed by atoms with van der Waals surface area (Å²) in [6.45, 7) is 1.81. The average Bonchev–Trinajstić information content (AvgIpc) is 3.21. The van der Waals surface area contributed by atoms with Gasteiger partial charge in [0.2, 0.25) is 0 Å². The molecule has 0 saturated carbocycles. The largest absolute Gasteiger partial charge is 0.385 e. The third-order valence-electron chi connectivity index (χ3n) is 3.56. The standard InChI is InChI=1S/C16H18N4O2S/c1-22-7-2-6-20-11-18-19-15(20)10-17-16(21)13-3-4-14-12(9-13)5-8-23-14/h3-5,8-9,11H,2,6-7,10H2,1H3,(H,17,21). The highest BCUT2D eigenvalue weighted by molar-refractivity contribution is 7.17. The lowest BCUT2D eigenvalue weighted by molar-refractivity contribution is 0.0949. The maximum Gasteiger partial charge on any atom is 0.251 e. The molecule has 3 rings (SSSR count). The van der Waals surface area contributed by atoms with Gasteiger partial charge in [-0.25, -0.2) is 0 Å². The molecule has 3 aromatic rings. The van der Waals surface area contributed by atoms with Crippen LogP contribution in [0.1, 0.15) is 22.6 Å². The smallest absolute Gasteiger partial charge is 0.251 e. The molecule has 23 heavy (non-hydrogen) atoms. The van der Waals surface area contributed by atoms with Crippen molar-refractivity contribution in [1.82, 2.24) is 20.1 Å². The summed E-state index contributed by atoms with van der Waals surface area (Å²) in [4.78, 5) is 12.3. The molecule has 0 aliphatic heterocycles. The van der Waals surface area contributed by atoms with Crippen LogP contribution < -0.4 is 5.32 Å². The molecule has 7 heteroatoms. The molecule has 1 N–H and O–H groups in total. The lowest BCUT2D eigenvalue weighted by Crippen LogP contribution is -2.24. The second kappa shape index (κ2) is 7.34. The maximum absolute atomic E-state index is 12.3. The Morgan fingerprint density at radius 3 is 3.17 bits per heavy atom. The minimum Gasteiger partial charge on any atom is -0.385 e. The number of rotatable bonds is 7. The number of fused-ring (bicyclic) bond motifs is 1. The fraction of sp³-hybridized carbons (Fsp3) is 0.312. The fourth-order valence-electron chi connectivity index (χ4n) is 2.35. The number of hydrogen-bond donors (Lipinski definition) is 1. The van der Waals surface area contributed by atoms with E-state index in [4.69, 9.17) is 4.74 Å². The zero-order valence-corrected chi connectivity index (χ0v) is 13.7. The van der Waals surface area contributed by atoms with E-state index in [0.717, 1.165) is 24.2 Å². The summed E-state index contributed by atoms with van der Waals surface area (Å²) in [5, 5.41) is 14.0. The van der Waals surface area contributed by atoms with E-state index in [1.165, 1.54) is 4.70 Å². The molecule has 0 fully saturated rings. The van der Waals surface area contributed by atoms with Gasteiger partial charge in [0.25, 0.3) is 5.91 Å². The van der Waals surface area contributed by atoms with Crippen molar-refractivity contribution < 1.29 is 9.53 Å². The number of benzene rings is 1. The molecule has 120 valence electrons. The minimum atomic E-state index is -0.107. The zero-order chi connectivity index (χ0) is 16.1. The summed E-state index contributed by atoms with van der Waals surface area (Å²) in [6.07, 6.45) is 2.55. The van der Waals surface area contributed by atoms with Gasteiger partial charge in [0.05, 0.1) is 6.54 Å². The number of aryl methyl sites for hydroxylation is 1. The molecule has 2 heterocycles. The first-order valence-electron chi connectivity index (χ1n) is 7.39. The highest BCUT2D eigenvalue weighted by atomic mass is 32.1. The lowest BCUT2D eigenvalue weighted by Gasteiger charge is -2.08. The van der Waals surface area contributed by atoms with Gasteiger partial charge in [0.1, 0.15) is 6.33 Å². The van der Waals surface area contributed by atoms with E-state index in [2.05, 4.69) is 15.5 Å². The molecular weight excluding hydrogens is 312 g/mol. The van der Waals surface area contributed by atoms with Crippen LogP contribution in [0.2, 0.25) is 0 Å². The predicted octanol–water partition coefficient (Wildman–Crippen LogP) is 2.46. The fourth-order valence-corrected chi connectivity index (χ4v) is 3.12. The summed E-state index contributed by atoms with van der Waals surface area (Å²) in [7, 11) is 1.68. The number of thiophene rings is 1. The Labute approximate surface area is 138 Å². The van der Waals surface area contributed by atoms with Crippen molar-refractivity contribution in [2.24, 2.45) is 0 Å². The van der Waals surface area contributed by atoms with Crippen molar-refractivity contribution in [2.45, 2.75) is 19.5 Å². The van der Waals surface area contributed by atoms with E-state index in [-0.39, 0.29) is 5.91 Å². The van der Waals surface area contributed by atoms with Crippen LogP contribution in [0.3, 0.4) is 0 Å². The highest BCUT2D eigenvalue weighted by Crippen LogP contribution is 2.21. The Morgan fingerprint density at radius 1 is 1.39 bits per heavy atom. The van der Waals surface area contributed by atoms with Crippen LogP contribution >= 0.6 is 11.3 Å². The average molecular weight is 330 g/mol. The van der Waals surface area contributed by atoms with Crippen molar-refractivity contribution in [3.8, 4) is 0 Å². The Kier molecular flexibility index (Phi) is 4.99. The van der Waals surface area contributed by atoms with Gasteiger partial charge in [-0.2, -0.15) is 0 Å². The number of carbonyl (C=O) groups is 1. The second-order valence-corrected chi connectivity index (χ2v) is 6.09. The zero-order valence-electron chi connectivity index (χ0n) is 12.9. The van der Waals surface area contributed by atoms with Gasteiger partial charge >= 0.3 is 0 Å². The van der Waals surface area contributed by atoms with Crippen LogP contribution in [0.4, 0.5) is 0 Å². The van der Waals surface area contributed by atoms with Crippen LogP contribution in [0.15, 0.2) is 36.0 Å². The Hall–Kier alpha value is -2.25. The van der Waals surface area contributed by atoms with Gasteiger partial charge in [-0.3, -0.25) is 4.79 Å². The summed E-state index contributed by atoms with van der Waals surface area (Å²) in [5.41, 5.74) is 0.654. The molecule has 0 atom stereocenters. The van der Waals surface area contributed by atoms with Crippen LogP contribution in [-0.4, -0.2) is 34.4 Å². The Morgan fingerprint density at radius 2 is 2.30 bits per heavy atom. The molecule has 0 unspecified atom stereocenters. The number of ether oxygens (including phenoxy) is 1. The first kappa shape index (κ1) is 15.6. The number of methoxy groups -OCH3 is 1. The van der Waals surface area contributed by atoms with Gasteiger partial charge in [0.15, 0.2) is 5.82 Å². The molecule has 1 aromatic carbocycles. The van der Waals surface area contributed by atoms with E-state index in [1.807, 2.05) is 34.2 Å². The number of nitrogens with zero attached hydrogens (tertiary/aromatic N) is 3. The lowest BCUT2D eigenvalue weighted by atomic mass is 10.1. The van der Waals surface area contributed by atoms with Gasteiger partial charge in [0, 0.05) is 30.5 Å². The van der Waals surface area contributed by atoms with Gasteiger partial charge in [-0.15, -0.1) is 21.5 Å². The summed E-state index contributed by atoms with van der Waals surface area (Å²) >= 11 is 1.67. The van der Waals surface area contributed by atoms with Crippen molar-refractivity contribution in [3.05, 3.63) is 47.4 Å². The molecule has 0 aliphatic rings. The van der Waals surface area contributed by atoms with Crippen molar-refractivity contribution in [3.63, 3.8) is 0 Å². The summed E-state index contributed by atoms with van der Waals surface area (Å²) in [6, 6.07) is 7.74. The van der Waals surface area contributed by atoms with E-state index >= 15 is 0 Å². The number of hydrogen-bond acceptors (Lipinski definition) is 5.